The van der Waals surface area contributed by atoms with Gasteiger partial charge in [-0.3, -0.25) is 10.1 Å². The number of nitrogens with zero attached hydrogens (tertiary/aromatic N) is 2. The normalized spacial score (nSPS) is 13.3. The molecule has 23 heavy (non-hydrogen) atoms. The van der Waals surface area contributed by atoms with Crippen molar-refractivity contribution in [1.82, 2.24) is 10.2 Å². The number of rotatable bonds is 5. The molecule has 2 aromatic rings. The molecular weight excluding hydrogens is 310 g/mol. The van der Waals surface area contributed by atoms with Gasteiger partial charge in [0.2, 0.25) is 11.0 Å². The smallest absolute Gasteiger partial charge is 0.250 e. The summed E-state index contributed by atoms with van der Waals surface area (Å²) in [6.07, 6.45) is 5.11. The molecule has 0 saturated carbocycles. The highest BCUT2D eigenvalue weighted by atomic mass is 32.1. The fourth-order valence-electron chi connectivity index (χ4n) is 2.36. The minimum Gasteiger partial charge on any atom is -0.493 e. The van der Waals surface area contributed by atoms with Crippen LogP contribution in [-0.2, 0) is 17.6 Å². The summed E-state index contributed by atoms with van der Waals surface area (Å²) in [5.74, 6) is 1.27. The van der Waals surface area contributed by atoms with Crippen LogP contribution in [0.2, 0.25) is 0 Å². The number of nitrogens with one attached hydrogen (secondary N) is 1. The van der Waals surface area contributed by atoms with Crippen LogP contribution in [-0.4, -0.2) is 22.7 Å². The Hall–Kier alpha value is -2.21. The fraction of sp³-hybridized carbons (Fsp3) is 0.353. The first-order chi connectivity index (χ1) is 11.1. The lowest BCUT2D eigenvalue weighted by atomic mass is 10.1. The van der Waals surface area contributed by atoms with Crippen LogP contribution in [0.5, 0.6) is 5.75 Å². The molecule has 0 saturated heterocycles. The van der Waals surface area contributed by atoms with Gasteiger partial charge in [0.1, 0.15) is 10.8 Å². The number of anilines is 1. The van der Waals surface area contributed by atoms with Crippen LogP contribution in [0.4, 0.5) is 5.13 Å². The molecule has 3 rings (SSSR count). The topological polar surface area (TPSA) is 64.1 Å². The van der Waals surface area contributed by atoms with E-state index in [0.717, 1.165) is 35.8 Å². The lowest BCUT2D eigenvalue weighted by Crippen LogP contribution is -2.07. The van der Waals surface area contributed by atoms with Crippen molar-refractivity contribution < 1.29 is 9.53 Å². The molecule has 1 aromatic heterocycles. The maximum absolute atomic E-state index is 12.0. The monoisotopic (exact) mass is 329 g/mol. The van der Waals surface area contributed by atoms with E-state index in [9.17, 15) is 4.79 Å². The Morgan fingerprint density at radius 1 is 1.43 bits per heavy atom. The van der Waals surface area contributed by atoms with Crippen molar-refractivity contribution in [1.29, 1.82) is 0 Å². The predicted octanol–water partition coefficient (Wildman–Crippen LogP) is 3.32. The highest BCUT2D eigenvalue weighted by Crippen LogP contribution is 2.26. The predicted molar refractivity (Wildman–Crippen MR) is 91.8 cm³/mol. The summed E-state index contributed by atoms with van der Waals surface area (Å²) in [7, 11) is 0. The molecule has 120 valence electrons. The zero-order valence-corrected chi connectivity index (χ0v) is 14.0. The van der Waals surface area contributed by atoms with E-state index < -0.39 is 0 Å². The number of fused-ring (bicyclic) bond motifs is 1. The summed E-state index contributed by atoms with van der Waals surface area (Å²) in [4.78, 5) is 12.0. The minimum atomic E-state index is -0.200. The third-order valence-corrected chi connectivity index (χ3v) is 4.28. The van der Waals surface area contributed by atoms with Gasteiger partial charge in [0, 0.05) is 18.9 Å². The molecule has 1 amide bonds. The summed E-state index contributed by atoms with van der Waals surface area (Å²) < 4.78 is 5.47. The van der Waals surface area contributed by atoms with Crippen molar-refractivity contribution in [3.8, 4) is 5.75 Å². The molecule has 1 aromatic carbocycles. The average Bonchev–Trinajstić information content (AvgIpc) is 3.13. The van der Waals surface area contributed by atoms with Gasteiger partial charge in [-0.1, -0.05) is 31.3 Å². The van der Waals surface area contributed by atoms with Gasteiger partial charge in [0.05, 0.1) is 6.61 Å². The molecule has 0 aliphatic carbocycles. The fourth-order valence-corrected chi connectivity index (χ4v) is 3.32. The van der Waals surface area contributed by atoms with Crippen LogP contribution in [0.3, 0.4) is 0 Å². The van der Waals surface area contributed by atoms with Gasteiger partial charge in [-0.15, -0.1) is 10.2 Å². The second-order valence-corrected chi connectivity index (χ2v) is 6.95. The molecule has 0 bridgehead atoms. The molecule has 0 atom stereocenters. The van der Waals surface area contributed by atoms with Crippen molar-refractivity contribution in [3.63, 3.8) is 0 Å². The molecule has 0 unspecified atom stereocenters. The summed E-state index contributed by atoms with van der Waals surface area (Å²) in [6.45, 7) is 4.99. The number of amides is 1. The highest BCUT2D eigenvalue weighted by molar-refractivity contribution is 7.15. The Labute approximate surface area is 139 Å². The van der Waals surface area contributed by atoms with Crippen LogP contribution < -0.4 is 10.1 Å². The molecule has 1 aliphatic heterocycles. The summed E-state index contributed by atoms with van der Waals surface area (Å²) in [5, 5.41) is 12.3. The zero-order chi connectivity index (χ0) is 16.2. The molecule has 6 heteroatoms. The van der Waals surface area contributed by atoms with E-state index >= 15 is 0 Å². The van der Waals surface area contributed by atoms with E-state index in [0.29, 0.717) is 11.0 Å². The van der Waals surface area contributed by atoms with Crippen molar-refractivity contribution in [3.05, 3.63) is 40.4 Å². The third-order valence-electron chi connectivity index (χ3n) is 3.42. The number of benzene rings is 1. The summed E-state index contributed by atoms with van der Waals surface area (Å²) in [6, 6.07) is 5.94. The van der Waals surface area contributed by atoms with E-state index in [2.05, 4.69) is 35.4 Å². The Morgan fingerprint density at radius 3 is 3.13 bits per heavy atom. The Balaban J connectivity index is 1.59. The first-order valence-electron chi connectivity index (χ1n) is 7.67. The standard InChI is InChI=1S/C17H19N3O2S/c1-11(2)9-16-19-20-17(23-16)18-15(21)6-4-12-3-5-14-13(10-12)7-8-22-14/h3-6,10-11H,7-9H2,1-2H3,(H,18,20,21)/b6-4+. The first kappa shape index (κ1) is 15.7. The number of carbonyl (C=O) groups excluding carboxylic acids is 1. The van der Waals surface area contributed by atoms with Gasteiger partial charge in [0.25, 0.3) is 0 Å². The summed E-state index contributed by atoms with van der Waals surface area (Å²) in [5.41, 5.74) is 2.18. The van der Waals surface area contributed by atoms with Gasteiger partial charge in [-0.25, -0.2) is 0 Å². The third kappa shape index (κ3) is 4.16. The van der Waals surface area contributed by atoms with Crippen molar-refractivity contribution in [2.24, 2.45) is 5.92 Å². The second kappa shape index (κ2) is 6.91. The Morgan fingerprint density at radius 2 is 2.30 bits per heavy atom. The van der Waals surface area contributed by atoms with Gasteiger partial charge in [0.15, 0.2) is 0 Å². The van der Waals surface area contributed by atoms with Crippen LogP contribution in [0, 0.1) is 5.92 Å². The van der Waals surface area contributed by atoms with Gasteiger partial charge in [-0.2, -0.15) is 0 Å². The van der Waals surface area contributed by atoms with Gasteiger partial charge >= 0.3 is 0 Å². The first-order valence-corrected chi connectivity index (χ1v) is 8.49. The lowest BCUT2D eigenvalue weighted by Gasteiger charge is -2.00. The van der Waals surface area contributed by atoms with Crippen LogP contribution in [0.15, 0.2) is 24.3 Å². The van der Waals surface area contributed by atoms with Crippen molar-refractivity contribution >= 4 is 28.5 Å². The van der Waals surface area contributed by atoms with Crippen molar-refractivity contribution in [2.45, 2.75) is 26.7 Å². The van der Waals surface area contributed by atoms with E-state index in [1.807, 2.05) is 12.1 Å². The van der Waals surface area contributed by atoms with E-state index in [1.165, 1.54) is 23.0 Å². The Bertz CT molecular complexity index is 737. The van der Waals surface area contributed by atoms with Gasteiger partial charge in [-0.05, 0) is 35.3 Å². The number of aromatic nitrogens is 2. The number of ether oxygens (including phenoxy) is 1. The second-order valence-electron chi connectivity index (χ2n) is 5.89. The molecule has 0 fully saturated rings. The van der Waals surface area contributed by atoms with Crippen molar-refractivity contribution in [2.75, 3.05) is 11.9 Å². The zero-order valence-electron chi connectivity index (χ0n) is 13.2. The number of carbonyl (C=O) groups is 1. The lowest BCUT2D eigenvalue weighted by molar-refractivity contribution is -0.111. The van der Waals surface area contributed by atoms with E-state index in [1.54, 1.807) is 6.08 Å². The van der Waals surface area contributed by atoms with Crippen LogP contribution >= 0.6 is 11.3 Å². The Kier molecular flexibility index (Phi) is 4.71. The molecule has 0 spiro atoms. The maximum atomic E-state index is 12.0. The quantitative estimate of drug-likeness (QED) is 0.855. The molecule has 0 radical (unpaired) electrons. The summed E-state index contributed by atoms with van der Waals surface area (Å²) >= 11 is 1.42. The molecule has 1 aliphatic rings. The van der Waals surface area contributed by atoms with E-state index in [-0.39, 0.29) is 5.91 Å². The number of hydrogen-bond acceptors (Lipinski definition) is 5. The highest BCUT2D eigenvalue weighted by Gasteiger charge is 2.11. The maximum Gasteiger partial charge on any atom is 0.250 e. The SMILES string of the molecule is CC(C)Cc1nnc(NC(=O)/C=C/c2ccc3c(c2)CCO3)s1. The molecular formula is C17H19N3O2S. The van der Waals surface area contributed by atoms with E-state index in [4.69, 9.17) is 4.74 Å². The van der Waals surface area contributed by atoms with Crippen LogP contribution in [0.25, 0.3) is 6.08 Å². The number of hydrogen-bond donors (Lipinski definition) is 1. The minimum absolute atomic E-state index is 0.200. The molecule has 5 nitrogen and oxygen atoms in total. The van der Waals surface area contributed by atoms with Crippen LogP contribution in [0.1, 0.15) is 30.0 Å². The van der Waals surface area contributed by atoms with Gasteiger partial charge < -0.3 is 4.74 Å². The average molecular weight is 329 g/mol. The largest absolute Gasteiger partial charge is 0.493 e. The molecule has 2 heterocycles. The molecule has 1 N–H and O–H groups in total.